The summed E-state index contributed by atoms with van der Waals surface area (Å²) in [5.74, 6) is -0.955. The van der Waals surface area contributed by atoms with Crippen molar-refractivity contribution in [3.05, 3.63) is 46.5 Å². The molecule has 0 radical (unpaired) electrons. The molecule has 1 aromatic heterocycles. The van der Waals surface area contributed by atoms with Gasteiger partial charge in [-0.15, -0.1) is 11.3 Å². The standard InChI is InChI=1S/C21H27F3N2O2S/c1-3-4-5-6-7-12-20(2,15-8-10-16(11-9-15)21(22,23)24)26-19-25-17(14-29-19)13-18(27)28/h8-11,14H,3-7,12-13H2,1-2H3,(H,25,26)(H,27,28). The monoisotopic (exact) mass is 428 g/mol. The van der Waals surface area contributed by atoms with Crippen LogP contribution >= 0.6 is 11.3 Å². The number of thiazole rings is 1. The van der Waals surface area contributed by atoms with Crippen LogP contribution < -0.4 is 5.32 Å². The van der Waals surface area contributed by atoms with Gasteiger partial charge >= 0.3 is 12.1 Å². The molecule has 0 aliphatic rings. The molecule has 160 valence electrons. The van der Waals surface area contributed by atoms with Crippen molar-refractivity contribution in [2.45, 2.75) is 70.5 Å². The van der Waals surface area contributed by atoms with Crippen LogP contribution in [0.2, 0.25) is 0 Å². The van der Waals surface area contributed by atoms with Gasteiger partial charge in [0.2, 0.25) is 0 Å². The number of halogens is 3. The number of carboxylic acid groups (broad SMARTS) is 1. The van der Waals surface area contributed by atoms with Crippen LogP contribution in [0.3, 0.4) is 0 Å². The van der Waals surface area contributed by atoms with E-state index in [0.717, 1.165) is 56.2 Å². The highest BCUT2D eigenvalue weighted by Crippen LogP contribution is 2.35. The Morgan fingerprint density at radius 3 is 2.31 bits per heavy atom. The summed E-state index contributed by atoms with van der Waals surface area (Å²) in [6, 6.07) is 5.22. The van der Waals surface area contributed by atoms with Gasteiger partial charge in [-0.25, -0.2) is 4.98 Å². The van der Waals surface area contributed by atoms with Crippen molar-refractivity contribution in [2.75, 3.05) is 5.32 Å². The summed E-state index contributed by atoms with van der Waals surface area (Å²) < 4.78 is 38.8. The Hall–Kier alpha value is -2.09. The number of rotatable bonds is 11. The second kappa shape index (κ2) is 10.1. The molecule has 29 heavy (non-hydrogen) atoms. The second-order valence-corrected chi connectivity index (χ2v) is 8.27. The van der Waals surface area contributed by atoms with Crippen molar-refractivity contribution < 1.29 is 23.1 Å². The summed E-state index contributed by atoms with van der Waals surface area (Å²) in [6.45, 7) is 4.10. The highest BCUT2D eigenvalue weighted by molar-refractivity contribution is 7.13. The molecule has 0 aliphatic carbocycles. The first-order valence-corrected chi connectivity index (χ1v) is 10.6. The number of aliphatic carboxylic acids is 1. The maximum atomic E-state index is 12.9. The predicted octanol–water partition coefficient (Wildman–Crippen LogP) is 6.48. The Kier molecular flexibility index (Phi) is 8.07. The molecule has 2 aromatic rings. The first-order valence-electron chi connectivity index (χ1n) is 9.76. The summed E-state index contributed by atoms with van der Waals surface area (Å²) in [5.41, 5.74) is -0.0717. The lowest BCUT2D eigenvalue weighted by molar-refractivity contribution is -0.138. The van der Waals surface area contributed by atoms with E-state index in [1.165, 1.54) is 23.5 Å². The number of nitrogens with zero attached hydrogens (tertiary/aromatic N) is 1. The number of carboxylic acids is 1. The molecule has 2 N–H and O–H groups in total. The minimum atomic E-state index is -4.37. The van der Waals surface area contributed by atoms with Gasteiger partial charge in [-0.2, -0.15) is 13.2 Å². The predicted molar refractivity (Wildman–Crippen MR) is 109 cm³/mol. The molecule has 0 spiro atoms. The van der Waals surface area contributed by atoms with E-state index in [1.54, 1.807) is 5.38 Å². The number of hydrogen-bond acceptors (Lipinski definition) is 4. The molecular weight excluding hydrogens is 401 g/mol. The zero-order chi connectivity index (χ0) is 21.5. The van der Waals surface area contributed by atoms with Gasteiger partial charge in [0.25, 0.3) is 0 Å². The Morgan fingerprint density at radius 2 is 1.72 bits per heavy atom. The fourth-order valence-corrected chi connectivity index (χ4v) is 4.06. The number of unbranched alkanes of at least 4 members (excludes halogenated alkanes) is 4. The molecule has 8 heteroatoms. The third kappa shape index (κ3) is 7.03. The number of anilines is 1. The summed E-state index contributed by atoms with van der Waals surface area (Å²) in [7, 11) is 0. The van der Waals surface area contributed by atoms with Gasteiger partial charge in [0.1, 0.15) is 0 Å². The first-order chi connectivity index (χ1) is 13.6. The van der Waals surface area contributed by atoms with Crippen LogP contribution in [0.15, 0.2) is 29.6 Å². The van der Waals surface area contributed by atoms with Gasteiger partial charge in [-0.3, -0.25) is 4.79 Å². The van der Waals surface area contributed by atoms with Crippen LogP contribution in [0, 0.1) is 0 Å². The van der Waals surface area contributed by atoms with Crippen LogP contribution in [0.5, 0.6) is 0 Å². The lowest BCUT2D eigenvalue weighted by atomic mass is 9.86. The number of hydrogen-bond donors (Lipinski definition) is 2. The highest BCUT2D eigenvalue weighted by atomic mass is 32.1. The zero-order valence-corrected chi connectivity index (χ0v) is 17.5. The average molecular weight is 429 g/mol. The summed E-state index contributed by atoms with van der Waals surface area (Å²) in [4.78, 5) is 15.2. The minimum Gasteiger partial charge on any atom is -0.481 e. The molecule has 0 saturated heterocycles. The maximum Gasteiger partial charge on any atom is 0.416 e. The number of aromatic nitrogens is 1. The Labute approximate surface area is 173 Å². The molecule has 1 aromatic carbocycles. The molecule has 1 heterocycles. The molecule has 0 bridgehead atoms. The van der Waals surface area contributed by atoms with E-state index in [0.29, 0.717) is 10.8 Å². The summed E-state index contributed by atoms with van der Waals surface area (Å²) in [6.07, 6.45) is 1.60. The third-order valence-electron chi connectivity index (χ3n) is 4.90. The quantitative estimate of drug-likeness (QED) is 0.402. The number of nitrogens with one attached hydrogen (secondary N) is 1. The zero-order valence-electron chi connectivity index (χ0n) is 16.7. The van der Waals surface area contributed by atoms with Gasteiger partial charge in [0, 0.05) is 5.38 Å². The van der Waals surface area contributed by atoms with E-state index < -0.39 is 23.2 Å². The number of carbonyl (C=O) groups is 1. The number of alkyl halides is 3. The lowest BCUT2D eigenvalue weighted by Gasteiger charge is -2.32. The van der Waals surface area contributed by atoms with Crippen LogP contribution in [-0.4, -0.2) is 16.1 Å². The molecule has 2 rings (SSSR count). The third-order valence-corrected chi connectivity index (χ3v) is 5.70. The number of benzene rings is 1. The largest absolute Gasteiger partial charge is 0.481 e. The fourth-order valence-electron chi connectivity index (χ4n) is 3.22. The lowest BCUT2D eigenvalue weighted by Crippen LogP contribution is -2.32. The Morgan fingerprint density at radius 1 is 1.10 bits per heavy atom. The van der Waals surface area contributed by atoms with Crippen molar-refractivity contribution in [3.8, 4) is 0 Å². The minimum absolute atomic E-state index is 0.161. The Bertz CT molecular complexity index is 790. The molecule has 0 saturated carbocycles. The van der Waals surface area contributed by atoms with Gasteiger partial charge in [-0.05, 0) is 31.0 Å². The maximum absolute atomic E-state index is 12.9. The molecule has 1 atom stereocenters. The van der Waals surface area contributed by atoms with E-state index in [-0.39, 0.29) is 6.42 Å². The fraction of sp³-hybridized carbons (Fsp3) is 0.524. The smallest absolute Gasteiger partial charge is 0.416 e. The molecule has 0 amide bonds. The average Bonchev–Trinajstić information content (AvgIpc) is 3.06. The van der Waals surface area contributed by atoms with Crippen LogP contribution in [0.25, 0.3) is 0 Å². The normalized spacial score (nSPS) is 13.8. The van der Waals surface area contributed by atoms with Gasteiger partial charge < -0.3 is 10.4 Å². The molecule has 0 fully saturated rings. The van der Waals surface area contributed by atoms with Gasteiger partial charge in [0.15, 0.2) is 5.13 Å². The van der Waals surface area contributed by atoms with E-state index in [4.69, 9.17) is 5.11 Å². The van der Waals surface area contributed by atoms with Gasteiger partial charge in [0.05, 0.1) is 23.2 Å². The SMILES string of the molecule is CCCCCCCC(C)(Nc1nc(CC(=O)O)cs1)c1ccc(C(F)(F)F)cc1. The molecule has 0 aliphatic heterocycles. The van der Waals surface area contributed by atoms with E-state index in [9.17, 15) is 18.0 Å². The highest BCUT2D eigenvalue weighted by Gasteiger charge is 2.32. The summed E-state index contributed by atoms with van der Waals surface area (Å²) >= 11 is 1.30. The van der Waals surface area contributed by atoms with Crippen molar-refractivity contribution >= 4 is 22.4 Å². The van der Waals surface area contributed by atoms with E-state index in [2.05, 4.69) is 17.2 Å². The van der Waals surface area contributed by atoms with Crippen molar-refractivity contribution in [1.29, 1.82) is 0 Å². The Balaban J connectivity index is 2.20. The van der Waals surface area contributed by atoms with Crippen molar-refractivity contribution in [1.82, 2.24) is 4.98 Å². The van der Waals surface area contributed by atoms with Gasteiger partial charge in [-0.1, -0.05) is 51.2 Å². The second-order valence-electron chi connectivity index (χ2n) is 7.41. The molecule has 1 unspecified atom stereocenters. The van der Waals surface area contributed by atoms with Crippen molar-refractivity contribution in [2.24, 2.45) is 0 Å². The molecule has 4 nitrogen and oxygen atoms in total. The van der Waals surface area contributed by atoms with Crippen LogP contribution in [0.1, 0.15) is 69.2 Å². The molecular formula is C21H27F3N2O2S. The van der Waals surface area contributed by atoms with Crippen LogP contribution in [0.4, 0.5) is 18.3 Å². The van der Waals surface area contributed by atoms with Crippen LogP contribution in [-0.2, 0) is 22.9 Å². The summed E-state index contributed by atoms with van der Waals surface area (Å²) in [5, 5.41) is 14.5. The topological polar surface area (TPSA) is 62.2 Å². The first kappa shape index (κ1) is 23.2. The van der Waals surface area contributed by atoms with E-state index in [1.807, 2.05) is 6.92 Å². The van der Waals surface area contributed by atoms with E-state index >= 15 is 0 Å². The van der Waals surface area contributed by atoms with Crippen molar-refractivity contribution in [3.63, 3.8) is 0 Å².